The van der Waals surface area contributed by atoms with Gasteiger partial charge in [-0.15, -0.1) is 0 Å². The van der Waals surface area contributed by atoms with Gasteiger partial charge in [-0.25, -0.2) is 4.79 Å². The lowest BCUT2D eigenvalue weighted by Crippen LogP contribution is -2.26. The molecule has 0 aliphatic rings. The van der Waals surface area contributed by atoms with Crippen LogP contribution in [-0.2, 0) is 14.3 Å². The van der Waals surface area contributed by atoms with Crippen LogP contribution >= 0.6 is 0 Å². The van der Waals surface area contributed by atoms with Crippen LogP contribution in [0.25, 0.3) is 0 Å². The number of carbonyl (C=O) groups excluding carboxylic acids is 1. The molecule has 0 aromatic heterocycles. The fraction of sp³-hybridized carbons (Fsp3) is 0.800. The van der Waals surface area contributed by atoms with Crippen LogP contribution in [0, 0.1) is 0 Å². The summed E-state index contributed by atoms with van der Waals surface area (Å²) in [4.78, 5) is 10.3. The largest absolute Gasteiger partial charge is 0.467 e. The van der Waals surface area contributed by atoms with Crippen molar-refractivity contribution >= 4 is 5.97 Å². The average Bonchev–Trinajstić information content (AvgIpc) is 1.87. The SMILES string of the molecule is COCC(O)C(=O)OC. The summed E-state index contributed by atoms with van der Waals surface area (Å²) in [6.07, 6.45) is -1.15. The number of rotatable bonds is 3. The lowest BCUT2D eigenvalue weighted by atomic mass is 10.4. The zero-order valence-corrected chi connectivity index (χ0v) is 5.46. The normalized spacial score (nSPS) is 12.8. The zero-order chi connectivity index (χ0) is 7.28. The molecule has 1 N–H and O–H groups in total. The summed E-state index contributed by atoms with van der Waals surface area (Å²) >= 11 is 0. The molecule has 0 aromatic rings. The van der Waals surface area contributed by atoms with Crippen molar-refractivity contribution in [2.45, 2.75) is 6.10 Å². The summed E-state index contributed by atoms with van der Waals surface area (Å²) in [6, 6.07) is 0. The van der Waals surface area contributed by atoms with Gasteiger partial charge in [0, 0.05) is 7.11 Å². The smallest absolute Gasteiger partial charge is 0.337 e. The van der Waals surface area contributed by atoms with Crippen molar-refractivity contribution in [3.63, 3.8) is 0 Å². The van der Waals surface area contributed by atoms with E-state index in [1.54, 1.807) is 0 Å². The van der Waals surface area contributed by atoms with E-state index < -0.39 is 12.1 Å². The van der Waals surface area contributed by atoms with Gasteiger partial charge in [-0.1, -0.05) is 0 Å². The second-order valence-corrected chi connectivity index (χ2v) is 1.49. The summed E-state index contributed by atoms with van der Waals surface area (Å²) in [5.41, 5.74) is 0. The molecule has 0 heterocycles. The Labute approximate surface area is 53.4 Å². The summed E-state index contributed by atoms with van der Waals surface area (Å²) < 4.78 is 8.67. The minimum atomic E-state index is -1.15. The third kappa shape index (κ3) is 3.05. The summed E-state index contributed by atoms with van der Waals surface area (Å²) in [6.45, 7) is -0.0212. The van der Waals surface area contributed by atoms with E-state index in [0.29, 0.717) is 0 Å². The Hall–Kier alpha value is -0.610. The lowest BCUT2D eigenvalue weighted by molar-refractivity contribution is -0.152. The van der Waals surface area contributed by atoms with E-state index in [0.717, 1.165) is 0 Å². The Kier molecular flexibility index (Phi) is 4.00. The maximum absolute atomic E-state index is 10.3. The molecule has 0 bridgehead atoms. The standard InChI is InChI=1S/C5H10O4/c1-8-3-4(6)5(7)9-2/h4,6H,3H2,1-2H3. The number of aliphatic hydroxyl groups excluding tert-OH is 1. The maximum atomic E-state index is 10.3. The summed E-state index contributed by atoms with van der Waals surface area (Å²) in [5.74, 6) is -0.670. The molecular formula is C5H10O4. The maximum Gasteiger partial charge on any atom is 0.337 e. The van der Waals surface area contributed by atoms with Crippen LogP contribution in [0.2, 0.25) is 0 Å². The Morgan fingerprint density at radius 2 is 2.22 bits per heavy atom. The van der Waals surface area contributed by atoms with Crippen molar-refractivity contribution in [1.29, 1.82) is 0 Å². The molecule has 0 radical (unpaired) electrons. The molecule has 9 heavy (non-hydrogen) atoms. The molecule has 0 rings (SSSR count). The predicted octanol–water partition coefficient (Wildman–Crippen LogP) is -0.833. The molecule has 0 saturated heterocycles. The number of ether oxygens (including phenoxy) is 2. The Balaban J connectivity index is 3.45. The molecule has 0 spiro atoms. The average molecular weight is 134 g/mol. The molecule has 0 fully saturated rings. The van der Waals surface area contributed by atoms with Crippen molar-refractivity contribution in [2.24, 2.45) is 0 Å². The predicted molar refractivity (Wildman–Crippen MR) is 29.9 cm³/mol. The van der Waals surface area contributed by atoms with E-state index in [1.807, 2.05) is 0 Å². The molecule has 0 aromatic carbocycles. The number of hydrogen-bond donors (Lipinski definition) is 1. The van der Waals surface area contributed by atoms with Gasteiger partial charge in [0.05, 0.1) is 13.7 Å². The van der Waals surface area contributed by atoms with Gasteiger partial charge in [-0.2, -0.15) is 0 Å². The number of hydrogen-bond acceptors (Lipinski definition) is 4. The monoisotopic (exact) mass is 134 g/mol. The van der Waals surface area contributed by atoms with E-state index in [4.69, 9.17) is 5.11 Å². The molecule has 4 heteroatoms. The van der Waals surface area contributed by atoms with Gasteiger partial charge in [0.2, 0.25) is 0 Å². The third-order valence-electron chi connectivity index (χ3n) is 0.798. The first kappa shape index (κ1) is 8.39. The van der Waals surface area contributed by atoms with E-state index in [9.17, 15) is 4.79 Å². The molecule has 1 atom stereocenters. The second kappa shape index (κ2) is 4.29. The number of aliphatic hydroxyl groups is 1. The van der Waals surface area contributed by atoms with Crippen LogP contribution < -0.4 is 0 Å². The van der Waals surface area contributed by atoms with E-state index in [1.165, 1.54) is 14.2 Å². The molecular weight excluding hydrogens is 124 g/mol. The fourth-order valence-electron chi connectivity index (χ4n) is 0.362. The lowest BCUT2D eigenvalue weighted by Gasteiger charge is -2.04. The number of methoxy groups -OCH3 is 2. The van der Waals surface area contributed by atoms with E-state index in [2.05, 4.69) is 9.47 Å². The van der Waals surface area contributed by atoms with Crippen LogP contribution in [0.5, 0.6) is 0 Å². The first-order valence-electron chi connectivity index (χ1n) is 2.47. The topological polar surface area (TPSA) is 55.8 Å². The first-order chi connectivity index (χ1) is 4.22. The quantitative estimate of drug-likeness (QED) is 0.512. The van der Waals surface area contributed by atoms with Gasteiger partial charge in [-0.05, 0) is 0 Å². The van der Waals surface area contributed by atoms with Crippen LogP contribution in [0.15, 0.2) is 0 Å². The Morgan fingerprint density at radius 1 is 1.67 bits per heavy atom. The minimum absolute atomic E-state index is 0.0212. The minimum Gasteiger partial charge on any atom is -0.467 e. The van der Waals surface area contributed by atoms with Crippen LogP contribution in [0.4, 0.5) is 0 Å². The Bertz CT molecular complexity index is 91.0. The molecule has 1 unspecified atom stereocenters. The van der Waals surface area contributed by atoms with E-state index in [-0.39, 0.29) is 6.61 Å². The molecule has 0 aliphatic carbocycles. The second-order valence-electron chi connectivity index (χ2n) is 1.49. The van der Waals surface area contributed by atoms with E-state index >= 15 is 0 Å². The zero-order valence-electron chi connectivity index (χ0n) is 5.46. The highest BCUT2D eigenvalue weighted by atomic mass is 16.5. The van der Waals surface area contributed by atoms with Gasteiger partial charge < -0.3 is 14.6 Å². The van der Waals surface area contributed by atoms with Crippen molar-refractivity contribution in [1.82, 2.24) is 0 Å². The van der Waals surface area contributed by atoms with Crippen LogP contribution in [0.3, 0.4) is 0 Å². The first-order valence-corrected chi connectivity index (χ1v) is 2.47. The highest BCUT2D eigenvalue weighted by molar-refractivity contribution is 5.74. The summed E-state index contributed by atoms with van der Waals surface area (Å²) in [5, 5.41) is 8.72. The fourth-order valence-corrected chi connectivity index (χ4v) is 0.362. The van der Waals surface area contributed by atoms with Gasteiger partial charge in [0.1, 0.15) is 0 Å². The highest BCUT2D eigenvalue weighted by Gasteiger charge is 2.13. The Morgan fingerprint density at radius 3 is 2.56 bits per heavy atom. The van der Waals surface area contributed by atoms with Gasteiger partial charge in [0.15, 0.2) is 6.10 Å². The van der Waals surface area contributed by atoms with Crippen LogP contribution in [0.1, 0.15) is 0 Å². The third-order valence-corrected chi connectivity index (χ3v) is 0.798. The van der Waals surface area contributed by atoms with Gasteiger partial charge >= 0.3 is 5.97 Å². The molecule has 54 valence electrons. The van der Waals surface area contributed by atoms with Crippen molar-refractivity contribution < 1.29 is 19.4 Å². The van der Waals surface area contributed by atoms with Crippen molar-refractivity contribution in [2.75, 3.05) is 20.8 Å². The van der Waals surface area contributed by atoms with Crippen molar-refractivity contribution in [3.8, 4) is 0 Å². The summed E-state index contributed by atoms with van der Waals surface area (Å²) in [7, 11) is 2.60. The van der Waals surface area contributed by atoms with Gasteiger partial charge in [0.25, 0.3) is 0 Å². The van der Waals surface area contributed by atoms with Crippen molar-refractivity contribution in [3.05, 3.63) is 0 Å². The number of carbonyl (C=O) groups is 1. The molecule has 0 aliphatic heterocycles. The molecule has 0 amide bonds. The van der Waals surface area contributed by atoms with Crippen LogP contribution in [-0.4, -0.2) is 38.0 Å². The molecule has 4 nitrogen and oxygen atoms in total. The van der Waals surface area contributed by atoms with Gasteiger partial charge in [-0.3, -0.25) is 0 Å². The highest BCUT2D eigenvalue weighted by Crippen LogP contribution is 1.85. The number of esters is 1. The molecule has 0 saturated carbocycles.